The third-order valence-corrected chi connectivity index (χ3v) is 1.97. The zero-order chi connectivity index (χ0) is 10.1. The van der Waals surface area contributed by atoms with Crippen molar-refractivity contribution in [2.75, 3.05) is 7.11 Å². The van der Waals surface area contributed by atoms with Crippen molar-refractivity contribution in [3.8, 4) is 0 Å². The van der Waals surface area contributed by atoms with Crippen molar-refractivity contribution in [2.45, 2.75) is 0 Å². The highest BCUT2D eigenvalue weighted by Gasteiger charge is 2.11. The Morgan fingerprint density at radius 1 is 1.57 bits per heavy atom. The summed E-state index contributed by atoms with van der Waals surface area (Å²) in [5, 5.41) is 8.87. The summed E-state index contributed by atoms with van der Waals surface area (Å²) in [5.74, 6) is -0.989. The first kappa shape index (κ1) is 8.55. The number of hydrogen-bond donors (Lipinski definition) is 1. The fourth-order valence-electron chi connectivity index (χ4n) is 1.34. The number of imidazole rings is 1. The van der Waals surface area contributed by atoms with Crippen molar-refractivity contribution in [1.29, 1.82) is 0 Å². The van der Waals surface area contributed by atoms with Crippen LogP contribution in [0.2, 0.25) is 0 Å². The predicted octanol–water partition coefficient (Wildman–Crippen LogP) is 0.793. The molecule has 2 aromatic rings. The molecule has 0 radical (unpaired) electrons. The number of carboxylic acid groups (broad SMARTS) is 1. The highest BCUT2D eigenvalue weighted by atomic mass is 16.6. The lowest BCUT2D eigenvalue weighted by Crippen LogP contribution is -2.03. The molecule has 0 aliphatic carbocycles. The number of aromatic nitrogens is 2. The predicted molar refractivity (Wildman–Crippen MR) is 49.2 cm³/mol. The maximum Gasteiger partial charge on any atom is 0.337 e. The molecule has 0 fully saturated rings. The van der Waals surface area contributed by atoms with Gasteiger partial charge in [-0.05, 0) is 12.1 Å². The number of rotatable bonds is 2. The van der Waals surface area contributed by atoms with E-state index in [2.05, 4.69) is 4.98 Å². The topological polar surface area (TPSA) is 64.4 Å². The molecule has 0 aliphatic rings. The van der Waals surface area contributed by atoms with Gasteiger partial charge in [0.05, 0.1) is 5.56 Å². The van der Waals surface area contributed by atoms with Gasteiger partial charge in [0.15, 0.2) is 0 Å². The molecule has 0 amide bonds. The lowest BCUT2D eigenvalue weighted by atomic mass is 10.2. The molecule has 0 saturated carbocycles. The minimum atomic E-state index is -0.989. The Bertz CT molecular complexity index is 490. The number of hydrogen-bond acceptors (Lipinski definition) is 3. The Morgan fingerprint density at radius 2 is 2.36 bits per heavy atom. The summed E-state index contributed by atoms with van der Waals surface area (Å²) in [6, 6.07) is 4.92. The molecular formula is C9H8N2O3. The highest BCUT2D eigenvalue weighted by molar-refractivity contribution is 6.00. The van der Waals surface area contributed by atoms with Crippen molar-refractivity contribution in [3.63, 3.8) is 0 Å². The number of nitrogens with zero attached hydrogens (tertiary/aromatic N) is 2. The first-order valence-corrected chi connectivity index (χ1v) is 3.98. The molecule has 0 bridgehead atoms. The third-order valence-electron chi connectivity index (χ3n) is 1.97. The molecule has 0 saturated heterocycles. The maximum absolute atomic E-state index is 10.8. The van der Waals surface area contributed by atoms with Gasteiger partial charge in [0, 0.05) is 0 Å². The quantitative estimate of drug-likeness (QED) is 0.764. The van der Waals surface area contributed by atoms with Crippen molar-refractivity contribution in [1.82, 2.24) is 9.71 Å². The highest BCUT2D eigenvalue weighted by Crippen LogP contribution is 2.16. The summed E-state index contributed by atoms with van der Waals surface area (Å²) in [6.07, 6.45) is 1.44. The Balaban J connectivity index is 2.76. The van der Waals surface area contributed by atoms with Gasteiger partial charge >= 0.3 is 5.97 Å². The van der Waals surface area contributed by atoms with Gasteiger partial charge < -0.3 is 9.94 Å². The molecule has 1 aromatic carbocycles. The number of carboxylic acids is 1. The van der Waals surface area contributed by atoms with Crippen LogP contribution in [0.4, 0.5) is 0 Å². The van der Waals surface area contributed by atoms with Crippen LogP contribution in [0.15, 0.2) is 24.5 Å². The molecule has 0 atom stereocenters. The molecule has 2 rings (SSSR count). The average Bonchev–Trinajstić information content (AvgIpc) is 2.59. The Kier molecular flexibility index (Phi) is 1.85. The smallest absolute Gasteiger partial charge is 0.337 e. The van der Waals surface area contributed by atoms with E-state index in [0.29, 0.717) is 11.0 Å². The zero-order valence-electron chi connectivity index (χ0n) is 7.47. The number of benzene rings is 1. The number of aromatic carboxylic acids is 1. The second-order valence-corrected chi connectivity index (χ2v) is 2.73. The Labute approximate surface area is 79.5 Å². The van der Waals surface area contributed by atoms with Crippen LogP contribution in [-0.4, -0.2) is 27.9 Å². The van der Waals surface area contributed by atoms with E-state index in [9.17, 15) is 4.79 Å². The molecule has 72 valence electrons. The van der Waals surface area contributed by atoms with Crippen molar-refractivity contribution < 1.29 is 14.7 Å². The summed E-state index contributed by atoms with van der Waals surface area (Å²) >= 11 is 0. The van der Waals surface area contributed by atoms with Crippen LogP contribution >= 0.6 is 0 Å². The van der Waals surface area contributed by atoms with Gasteiger partial charge in [-0.3, -0.25) is 0 Å². The first-order chi connectivity index (χ1) is 6.74. The summed E-state index contributed by atoms with van der Waals surface area (Å²) < 4.78 is 1.42. The van der Waals surface area contributed by atoms with E-state index in [0.717, 1.165) is 0 Å². The van der Waals surface area contributed by atoms with Crippen LogP contribution < -0.4 is 4.84 Å². The molecule has 14 heavy (non-hydrogen) atoms. The van der Waals surface area contributed by atoms with E-state index in [-0.39, 0.29) is 5.56 Å². The van der Waals surface area contributed by atoms with E-state index in [1.54, 1.807) is 12.1 Å². The van der Waals surface area contributed by atoms with Gasteiger partial charge in [0.1, 0.15) is 24.5 Å². The molecular weight excluding hydrogens is 184 g/mol. The SMILES string of the molecule is COn1cnc2c(C(=O)O)cccc21. The standard InChI is InChI=1S/C9H8N2O3/c1-14-11-5-10-8-6(9(12)13)3-2-4-7(8)11/h2-5H,1H3,(H,12,13). The summed E-state index contributed by atoms with van der Waals surface area (Å²) in [7, 11) is 1.49. The van der Waals surface area contributed by atoms with Crippen LogP contribution in [0.3, 0.4) is 0 Å². The van der Waals surface area contributed by atoms with E-state index in [4.69, 9.17) is 9.94 Å². The minimum absolute atomic E-state index is 0.179. The molecule has 1 N–H and O–H groups in total. The summed E-state index contributed by atoms with van der Waals surface area (Å²) in [6.45, 7) is 0. The van der Waals surface area contributed by atoms with E-state index < -0.39 is 5.97 Å². The van der Waals surface area contributed by atoms with Crippen LogP contribution in [-0.2, 0) is 0 Å². The first-order valence-electron chi connectivity index (χ1n) is 3.98. The molecule has 5 heteroatoms. The monoisotopic (exact) mass is 192 g/mol. The zero-order valence-corrected chi connectivity index (χ0v) is 7.47. The van der Waals surface area contributed by atoms with E-state index in [1.165, 1.54) is 24.2 Å². The molecule has 0 aliphatic heterocycles. The second-order valence-electron chi connectivity index (χ2n) is 2.73. The number of fused-ring (bicyclic) bond motifs is 1. The molecule has 1 heterocycles. The van der Waals surface area contributed by atoms with Gasteiger partial charge in [0.2, 0.25) is 0 Å². The molecule has 0 spiro atoms. The second kappa shape index (κ2) is 3.02. The van der Waals surface area contributed by atoms with Crippen LogP contribution in [0.5, 0.6) is 0 Å². The number of carbonyl (C=O) groups is 1. The fraction of sp³-hybridized carbons (Fsp3) is 0.111. The van der Waals surface area contributed by atoms with E-state index >= 15 is 0 Å². The van der Waals surface area contributed by atoms with Gasteiger partial charge in [-0.2, -0.15) is 4.73 Å². The van der Waals surface area contributed by atoms with E-state index in [1.807, 2.05) is 0 Å². The number of para-hydroxylation sites is 1. The van der Waals surface area contributed by atoms with Crippen LogP contribution in [0.25, 0.3) is 11.0 Å². The Morgan fingerprint density at radius 3 is 3.00 bits per heavy atom. The molecule has 5 nitrogen and oxygen atoms in total. The fourth-order valence-corrected chi connectivity index (χ4v) is 1.34. The van der Waals surface area contributed by atoms with Gasteiger partial charge in [-0.15, -0.1) is 0 Å². The largest absolute Gasteiger partial charge is 0.478 e. The van der Waals surface area contributed by atoms with Crippen LogP contribution in [0, 0.1) is 0 Å². The van der Waals surface area contributed by atoms with Gasteiger partial charge in [-0.25, -0.2) is 9.78 Å². The van der Waals surface area contributed by atoms with Gasteiger partial charge in [0.25, 0.3) is 0 Å². The Hall–Kier alpha value is -2.04. The molecule has 0 unspecified atom stereocenters. The lowest BCUT2D eigenvalue weighted by Gasteiger charge is -2.00. The summed E-state index contributed by atoms with van der Waals surface area (Å²) in [5.41, 5.74) is 1.26. The lowest BCUT2D eigenvalue weighted by molar-refractivity contribution is 0.0699. The normalized spacial score (nSPS) is 10.4. The maximum atomic E-state index is 10.8. The van der Waals surface area contributed by atoms with Crippen LogP contribution in [0.1, 0.15) is 10.4 Å². The third kappa shape index (κ3) is 1.10. The van der Waals surface area contributed by atoms with Crippen molar-refractivity contribution >= 4 is 17.0 Å². The van der Waals surface area contributed by atoms with Crippen molar-refractivity contribution in [3.05, 3.63) is 30.1 Å². The summed E-state index contributed by atoms with van der Waals surface area (Å²) in [4.78, 5) is 19.8. The minimum Gasteiger partial charge on any atom is -0.478 e. The van der Waals surface area contributed by atoms with Crippen molar-refractivity contribution in [2.24, 2.45) is 0 Å². The van der Waals surface area contributed by atoms with Gasteiger partial charge in [-0.1, -0.05) is 6.07 Å². The average molecular weight is 192 g/mol. The molecule has 1 aromatic heterocycles.